The minimum Gasteiger partial charge on any atom is -0.348 e. The highest BCUT2D eigenvalue weighted by atomic mass is 19.4. The van der Waals surface area contributed by atoms with Crippen molar-refractivity contribution >= 4 is 11.8 Å². The number of carbonyl (C=O) groups excluding carboxylic acids is 2. The van der Waals surface area contributed by atoms with E-state index in [0.717, 1.165) is 43.9 Å². The maximum Gasteiger partial charge on any atom is 0.416 e. The van der Waals surface area contributed by atoms with Crippen molar-refractivity contribution in [2.24, 2.45) is 5.92 Å². The van der Waals surface area contributed by atoms with E-state index in [1.54, 1.807) is 6.07 Å². The normalized spacial score (nSPS) is 20.7. The summed E-state index contributed by atoms with van der Waals surface area (Å²) in [6.07, 6.45) is -4.38. The van der Waals surface area contributed by atoms with Gasteiger partial charge in [0.25, 0.3) is 0 Å². The first-order valence-corrected chi connectivity index (χ1v) is 11.9. The van der Waals surface area contributed by atoms with Crippen LogP contribution in [-0.4, -0.2) is 72.8 Å². The molecular formula is C26H31F3N4O2. The molecule has 1 N–H and O–H groups in total. The number of amides is 2. The van der Waals surface area contributed by atoms with Gasteiger partial charge in [-0.1, -0.05) is 42.5 Å². The van der Waals surface area contributed by atoms with Crippen molar-refractivity contribution < 1.29 is 22.8 Å². The average Bonchev–Trinajstić information content (AvgIpc) is 3.20. The number of rotatable bonds is 7. The Balaban J connectivity index is 1.40. The number of hydrogen-bond donors (Lipinski definition) is 1. The maximum absolute atomic E-state index is 13.2. The average molecular weight is 489 g/mol. The van der Waals surface area contributed by atoms with Crippen LogP contribution in [0.5, 0.6) is 0 Å². The van der Waals surface area contributed by atoms with E-state index in [2.05, 4.69) is 22.2 Å². The zero-order valence-electron chi connectivity index (χ0n) is 19.8. The molecule has 0 saturated carbocycles. The lowest BCUT2D eigenvalue weighted by molar-refractivity contribution is -0.137. The molecule has 4 rings (SSSR count). The molecule has 35 heavy (non-hydrogen) atoms. The van der Waals surface area contributed by atoms with E-state index in [1.165, 1.54) is 11.0 Å². The van der Waals surface area contributed by atoms with Gasteiger partial charge in [0.1, 0.15) is 0 Å². The molecule has 2 heterocycles. The molecule has 2 atom stereocenters. The fourth-order valence-corrected chi connectivity index (χ4v) is 4.66. The summed E-state index contributed by atoms with van der Waals surface area (Å²) in [5.41, 5.74) is 0.655. The summed E-state index contributed by atoms with van der Waals surface area (Å²) >= 11 is 0. The van der Waals surface area contributed by atoms with Crippen LogP contribution in [0.1, 0.15) is 29.2 Å². The largest absolute Gasteiger partial charge is 0.416 e. The van der Waals surface area contributed by atoms with Gasteiger partial charge in [-0.15, -0.1) is 0 Å². The molecule has 9 heteroatoms. The zero-order valence-corrected chi connectivity index (χ0v) is 19.8. The lowest BCUT2D eigenvalue weighted by Crippen LogP contribution is -2.48. The van der Waals surface area contributed by atoms with Crippen molar-refractivity contribution in [3.63, 3.8) is 0 Å². The van der Waals surface area contributed by atoms with Crippen molar-refractivity contribution in [2.75, 3.05) is 46.3 Å². The molecule has 2 amide bonds. The van der Waals surface area contributed by atoms with Crippen LogP contribution in [0.15, 0.2) is 54.6 Å². The Morgan fingerprint density at radius 2 is 1.77 bits per heavy atom. The van der Waals surface area contributed by atoms with Crippen LogP contribution in [-0.2, 0) is 22.3 Å². The SMILES string of the molecule is CN1CCN(CC(NC(=O)C2CC(=O)N(Cc3cccc(C(F)(F)F)c3)C2)c2ccccc2)CC1. The molecular weight excluding hydrogens is 457 g/mol. The van der Waals surface area contributed by atoms with Crippen LogP contribution < -0.4 is 5.32 Å². The Kier molecular flexibility index (Phi) is 7.76. The molecule has 0 aliphatic carbocycles. The second-order valence-electron chi connectivity index (χ2n) is 9.45. The van der Waals surface area contributed by atoms with Gasteiger partial charge in [-0.25, -0.2) is 0 Å². The van der Waals surface area contributed by atoms with Crippen molar-refractivity contribution in [3.05, 3.63) is 71.3 Å². The van der Waals surface area contributed by atoms with E-state index in [4.69, 9.17) is 0 Å². The van der Waals surface area contributed by atoms with Crippen LogP contribution >= 0.6 is 0 Å². The van der Waals surface area contributed by atoms with Gasteiger partial charge in [0.2, 0.25) is 11.8 Å². The minimum absolute atomic E-state index is 0.0515. The number of halogens is 3. The van der Waals surface area contributed by atoms with E-state index in [1.807, 2.05) is 30.3 Å². The summed E-state index contributed by atoms with van der Waals surface area (Å²) in [6, 6.07) is 14.5. The van der Waals surface area contributed by atoms with Crippen molar-refractivity contribution in [2.45, 2.75) is 25.2 Å². The first-order chi connectivity index (χ1) is 16.7. The lowest BCUT2D eigenvalue weighted by atomic mass is 10.0. The maximum atomic E-state index is 13.2. The van der Waals surface area contributed by atoms with Crippen LogP contribution in [0.4, 0.5) is 13.2 Å². The Morgan fingerprint density at radius 3 is 2.46 bits per heavy atom. The molecule has 2 unspecified atom stereocenters. The third-order valence-corrected chi connectivity index (χ3v) is 6.77. The summed E-state index contributed by atoms with van der Waals surface area (Å²) in [5.74, 6) is -0.960. The molecule has 6 nitrogen and oxygen atoms in total. The van der Waals surface area contributed by atoms with Gasteiger partial charge in [-0.2, -0.15) is 13.2 Å². The number of carbonyl (C=O) groups is 2. The Hall–Kier alpha value is -2.91. The van der Waals surface area contributed by atoms with Crippen molar-refractivity contribution in [1.29, 1.82) is 0 Å². The predicted molar refractivity (Wildman–Crippen MR) is 126 cm³/mol. The molecule has 0 radical (unpaired) electrons. The number of likely N-dealkylation sites (N-methyl/N-ethyl adjacent to an activating group) is 1. The Labute approximate surface area is 203 Å². The number of piperazine rings is 1. The monoisotopic (exact) mass is 488 g/mol. The molecule has 2 aromatic carbocycles. The molecule has 2 saturated heterocycles. The summed E-state index contributed by atoms with van der Waals surface area (Å²) in [5, 5.41) is 3.15. The summed E-state index contributed by atoms with van der Waals surface area (Å²) in [6.45, 7) is 4.70. The molecule has 2 aromatic rings. The van der Waals surface area contributed by atoms with Gasteiger partial charge in [0.15, 0.2) is 0 Å². The van der Waals surface area contributed by atoms with E-state index in [9.17, 15) is 22.8 Å². The van der Waals surface area contributed by atoms with Gasteiger partial charge in [0.05, 0.1) is 17.5 Å². The summed E-state index contributed by atoms with van der Waals surface area (Å²) < 4.78 is 39.1. The van der Waals surface area contributed by atoms with Crippen LogP contribution in [0.3, 0.4) is 0 Å². The quantitative estimate of drug-likeness (QED) is 0.651. The Bertz CT molecular complexity index is 1020. The summed E-state index contributed by atoms with van der Waals surface area (Å²) in [4.78, 5) is 31.9. The smallest absolute Gasteiger partial charge is 0.348 e. The first-order valence-electron chi connectivity index (χ1n) is 11.9. The molecule has 2 fully saturated rings. The zero-order chi connectivity index (χ0) is 25.0. The molecule has 0 bridgehead atoms. The van der Waals surface area contributed by atoms with E-state index in [-0.39, 0.29) is 37.4 Å². The lowest BCUT2D eigenvalue weighted by Gasteiger charge is -2.35. The molecule has 0 aromatic heterocycles. The fraction of sp³-hybridized carbons (Fsp3) is 0.462. The number of benzene rings is 2. The van der Waals surface area contributed by atoms with Gasteiger partial charge < -0.3 is 15.1 Å². The number of hydrogen-bond acceptors (Lipinski definition) is 4. The topological polar surface area (TPSA) is 55.9 Å². The standard InChI is InChI=1S/C26H31F3N4O2/c1-31-10-12-32(13-11-31)18-23(20-7-3-2-4-8-20)30-25(35)21-15-24(34)33(17-21)16-19-6-5-9-22(14-19)26(27,28)29/h2-9,14,21,23H,10-13,15-18H2,1H3,(H,30,35). The third-order valence-electron chi connectivity index (χ3n) is 6.77. The number of alkyl halides is 3. The highest BCUT2D eigenvalue weighted by Gasteiger charge is 2.36. The van der Waals surface area contributed by atoms with Crippen LogP contribution in [0.25, 0.3) is 0 Å². The molecule has 0 spiro atoms. The van der Waals surface area contributed by atoms with Gasteiger partial charge >= 0.3 is 6.18 Å². The number of nitrogens with one attached hydrogen (secondary N) is 1. The second-order valence-corrected chi connectivity index (χ2v) is 9.45. The fourth-order valence-electron chi connectivity index (χ4n) is 4.66. The van der Waals surface area contributed by atoms with Gasteiger partial charge in [0, 0.05) is 52.2 Å². The third kappa shape index (κ3) is 6.61. The van der Waals surface area contributed by atoms with Crippen LogP contribution in [0, 0.1) is 5.92 Å². The van der Waals surface area contributed by atoms with Gasteiger partial charge in [-0.3, -0.25) is 14.5 Å². The minimum atomic E-state index is -4.44. The first kappa shape index (κ1) is 25.2. The highest BCUT2D eigenvalue weighted by molar-refractivity contribution is 5.89. The van der Waals surface area contributed by atoms with E-state index < -0.39 is 17.7 Å². The van der Waals surface area contributed by atoms with Crippen LogP contribution in [0.2, 0.25) is 0 Å². The molecule has 2 aliphatic heterocycles. The van der Waals surface area contributed by atoms with Crippen molar-refractivity contribution in [3.8, 4) is 0 Å². The van der Waals surface area contributed by atoms with Crippen molar-refractivity contribution in [1.82, 2.24) is 20.0 Å². The number of likely N-dealkylation sites (tertiary alicyclic amines) is 1. The predicted octanol–water partition coefficient (Wildman–Crippen LogP) is 3.16. The summed E-state index contributed by atoms with van der Waals surface area (Å²) in [7, 11) is 2.09. The Morgan fingerprint density at radius 1 is 1.06 bits per heavy atom. The molecule has 188 valence electrons. The van der Waals surface area contributed by atoms with E-state index in [0.29, 0.717) is 12.1 Å². The van der Waals surface area contributed by atoms with Gasteiger partial charge in [-0.05, 0) is 30.3 Å². The molecule has 2 aliphatic rings. The highest BCUT2D eigenvalue weighted by Crippen LogP contribution is 2.30. The second kappa shape index (κ2) is 10.8. The van der Waals surface area contributed by atoms with E-state index >= 15 is 0 Å². The number of nitrogens with zero attached hydrogens (tertiary/aromatic N) is 3.